The SMILES string of the molecule is CCOC(=O)C1=C(C)N=c2s/c(=C/c3ccc(-c4cc(Cl)ccc4C(=O)OC)o3)c(=O)n2[C@@H]1c1cccs1. The Labute approximate surface area is 229 Å². The number of allylic oxidation sites excluding steroid dienone is 1. The first-order valence-corrected chi connectivity index (χ1v) is 13.6. The van der Waals surface area contributed by atoms with E-state index in [-0.39, 0.29) is 12.2 Å². The molecule has 0 aliphatic carbocycles. The van der Waals surface area contributed by atoms with Crippen LogP contribution in [0.2, 0.25) is 5.02 Å². The standard InChI is InChI=1S/C27H21ClN2O6S2/c1-4-35-26(33)22-14(2)29-27-30(23(22)20-6-5-11-37-20)24(31)21(38-27)13-16-8-10-19(36-16)18-12-15(28)7-9-17(18)25(32)34-3/h5-13,23H,4H2,1-3H3/b21-13+/t23-/m1/s1. The van der Waals surface area contributed by atoms with E-state index in [1.807, 2.05) is 17.5 Å². The molecule has 0 spiro atoms. The van der Waals surface area contributed by atoms with E-state index in [0.29, 0.717) is 48.3 Å². The van der Waals surface area contributed by atoms with Crippen molar-refractivity contribution in [2.75, 3.05) is 13.7 Å². The Morgan fingerprint density at radius 2 is 2.03 bits per heavy atom. The molecule has 4 aromatic rings. The average molecular weight is 569 g/mol. The Balaban J connectivity index is 1.61. The van der Waals surface area contributed by atoms with E-state index in [2.05, 4.69) is 4.99 Å². The molecule has 0 saturated heterocycles. The number of ether oxygens (including phenoxy) is 2. The van der Waals surface area contributed by atoms with Gasteiger partial charge in [0.25, 0.3) is 5.56 Å². The van der Waals surface area contributed by atoms with Gasteiger partial charge in [-0.05, 0) is 55.6 Å². The molecule has 4 heterocycles. The van der Waals surface area contributed by atoms with Crippen LogP contribution in [-0.2, 0) is 14.3 Å². The summed E-state index contributed by atoms with van der Waals surface area (Å²) in [7, 11) is 1.30. The number of carbonyl (C=O) groups is 2. The predicted octanol–water partition coefficient (Wildman–Crippen LogP) is 4.56. The average Bonchev–Trinajstić information content (AvgIpc) is 3.65. The Hall–Kier alpha value is -3.73. The zero-order valence-corrected chi connectivity index (χ0v) is 22.9. The lowest BCUT2D eigenvalue weighted by atomic mass is 10.0. The van der Waals surface area contributed by atoms with Crippen LogP contribution >= 0.6 is 34.3 Å². The number of benzene rings is 1. The number of hydrogen-bond donors (Lipinski definition) is 0. The van der Waals surface area contributed by atoms with Gasteiger partial charge in [-0.2, -0.15) is 0 Å². The summed E-state index contributed by atoms with van der Waals surface area (Å²) in [4.78, 5) is 44.6. The van der Waals surface area contributed by atoms with Crippen LogP contribution < -0.4 is 14.9 Å². The molecule has 1 aromatic carbocycles. The van der Waals surface area contributed by atoms with Crippen LogP contribution in [0.1, 0.15) is 40.9 Å². The zero-order chi connectivity index (χ0) is 27.0. The molecule has 8 nitrogen and oxygen atoms in total. The molecule has 0 saturated carbocycles. The van der Waals surface area contributed by atoms with Crippen molar-refractivity contribution in [3.05, 3.63) is 100 Å². The maximum Gasteiger partial charge on any atom is 0.338 e. The maximum atomic E-state index is 13.7. The van der Waals surface area contributed by atoms with Crippen molar-refractivity contribution >= 4 is 52.3 Å². The number of carbonyl (C=O) groups excluding carboxylic acids is 2. The van der Waals surface area contributed by atoms with E-state index in [4.69, 9.17) is 25.5 Å². The Morgan fingerprint density at radius 3 is 2.74 bits per heavy atom. The molecule has 0 unspecified atom stereocenters. The van der Waals surface area contributed by atoms with Gasteiger partial charge in [-0.15, -0.1) is 11.3 Å². The van der Waals surface area contributed by atoms with Crippen LogP contribution in [0, 0.1) is 0 Å². The summed E-state index contributed by atoms with van der Waals surface area (Å²) in [5.74, 6) is -0.233. The number of nitrogens with zero attached hydrogens (tertiary/aromatic N) is 2. The fraction of sp³-hybridized carbons (Fsp3) is 0.185. The first-order chi connectivity index (χ1) is 18.3. The second kappa shape index (κ2) is 10.6. The normalized spacial score (nSPS) is 15.3. The van der Waals surface area contributed by atoms with Gasteiger partial charge in [-0.1, -0.05) is 29.0 Å². The number of rotatable bonds is 6. The van der Waals surface area contributed by atoms with Crippen LogP contribution in [0.3, 0.4) is 0 Å². The molecule has 3 aromatic heterocycles. The third kappa shape index (κ3) is 4.66. The van der Waals surface area contributed by atoms with Gasteiger partial charge < -0.3 is 13.9 Å². The number of hydrogen-bond acceptors (Lipinski definition) is 9. The minimum absolute atomic E-state index is 0.211. The van der Waals surface area contributed by atoms with Gasteiger partial charge >= 0.3 is 11.9 Å². The van der Waals surface area contributed by atoms with Crippen molar-refractivity contribution in [3.8, 4) is 11.3 Å². The van der Waals surface area contributed by atoms with Gasteiger partial charge in [-0.3, -0.25) is 9.36 Å². The van der Waals surface area contributed by atoms with Gasteiger partial charge in [-0.25, -0.2) is 14.6 Å². The quantitative estimate of drug-likeness (QED) is 0.316. The molecule has 5 rings (SSSR count). The van der Waals surface area contributed by atoms with Gasteiger partial charge in [0.05, 0.1) is 35.1 Å². The van der Waals surface area contributed by atoms with E-state index in [1.165, 1.54) is 34.4 Å². The Bertz CT molecular complexity index is 1760. The number of fused-ring (bicyclic) bond motifs is 1. The lowest BCUT2D eigenvalue weighted by Crippen LogP contribution is -2.39. The minimum Gasteiger partial charge on any atom is -0.465 e. The van der Waals surface area contributed by atoms with E-state index >= 15 is 0 Å². The topological polar surface area (TPSA) is 100 Å². The highest BCUT2D eigenvalue weighted by Crippen LogP contribution is 2.33. The molecule has 0 bridgehead atoms. The monoisotopic (exact) mass is 568 g/mol. The summed E-state index contributed by atoms with van der Waals surface area (Å²) in [6, 6.07) is 11.3. The highest BCUT2D eigenvalue weighted by molar-refractivity contribution is 7.10. The summed E-state index contributed by atoms with van der Waals surface area (Å²) in [5, 5.41) is 2.33. The first kappa shape index (κ1) is 25.9. The highest BCUT2D eigenvalue weighted by Gasteiger charge is 2.34. The first-order valence-electron chi connectivity index (χ1n) is 11.5. The summed E-state index contributed by atoms with van der Waals surface area (Å²) in [5.41, 5.74) is 1.31. The van der Waals surface area contributed by atoms with Crippen molar-refractivity contribution in [1.82, 2.24) is 4.57 Å². The Kier molecular flexibility index (Phi) is 7.20. The fourth-order valence-corrected chi connectivity index (χ4v) is 6.24. The predicted molar refractivity (Wildman–Crippen MR) is 145 cm³/mol. The van der Waals surface area contributed by atoms with Gasteiger partial charge in [0.15, 0.2) is 4.80 Å². The minimum atomic E-state index is -0.645. The number of aromatic nitrogens is 1. The van der Waals surface area contributed by atoms with E-state index in [9.17, 15) is 14.4 Å². The van der Waals surface area contributed by atoms with E-state index in [1.54, 1.807) is 50.3 Å². The van der Waals surface area contributed by atoms with Crippen LogP contribution in [0.4, 0.5) is 0 Å². The lowest BCUT2D eigenvalue weighted by Gasteiger charge is -2.23. The molecule has 38 heavy (non-hydrogen) atoms. The molecule has 11 heteroatoms. The van der Waals surface area contributed by atoms with Crippen LogP contribution in [-0.4, -0.2) is 30.2 Å². The third-order valence-electron chi connectivity index (χ3n) is 5.88. The molecular formula is C27H21ClN2O6S2. The van der Waals surface area contributed by atoms with Crippen LogP contribution in [0.25, 0.3) is 17.4 Å². The number of esters is 2. The number of thiophene rings is 1. The van der Waals surface area contributed by atoms with E-state index in [0.717, 1.165) is 4.88 Å². The van der Waals surface area contributed by atoms with Crippen molar-refractivity contribution < 1.29 is 23.5 Å². The smallest absolute Gasteiger partial charge is 0.338 e. The number of halogens is 1. The second-order valence-electron chi connectivity index (χ2n) is 8.20. The molecule has 194 valence electrons. The van der Waals surface area contributed by atoms with Crippen LogP contribution in [0.15, 0.2) is 73.3 Å². The van der Waals surface area contributed by atoms with Crippen molar-refractivity contribution in [2.24, 2.45) is 4.99 Å². The van der Waals surface area contributed by atoms with E-state index < -0.39 is 18.0 Å². The summed E-state index contributed by atoms with van der Waals surface area (Å²) in [6.45, 7) is 3.69. The molecular weight excluding hydrogens is 548 g/mol. The molecule has 0 N–H and O–H groups in total. The number of thiazole rings is 1. The molecule has 0 fully saturated rings. The van der Waals surface area contributed by atoms with Gasteiger partial charge in [0, 0.05) is 21.5 Å². The number of methoxy groups -OCH3 is 1. The lowest BCUT2D eigenvalue weighted by molar-refractivity contribution is -0.139. The van der Waals surface area contributed by atoms with Crippen LogP contribution in [0.5, 0.6) is 0 Å². The Morgan fingerprint density at radius 1 is 1.21 bits per heavy atom. The third-order valence-corrected chi connectivity index (χ3v) is 8.02. The second-order valence-corrected chi connectivity index (χ2v) is 10.6. The van der Waals surface area contributed by atoms with Gasteiger partial charge in [0.2, 0.25) is 0 Å². The van der Waals surface area contributed by atoms with Crippen molar-refractivity contribution in [1.29, 1.82) is 0 Å². The zero-order valence-electron chi connectivity index (χ0n) is 20.5. The largest absolute Gasteiger partial charge is 0.465 e. The summed E-state index contributed by atoms with van der Waals surface area (Å²) >= 11 is 8.81. The summed E-state index contributed by atoms with van der Waals surface area (Å²) in [6.07, 6.45) is 1.62. The van der Waals surface area contributed by atoms with Crippen molar-refractivity contribution in [3.63, 3.8) is 0 Å². The molecule has 0 radical (unpaired) electrons. The number of furan rings is 1. The van der Waals surface area contributed by atoms with Gasteiger partial charge in [0.1, 0.15) is 17.6 Å². The molecule has 1 atom stereocenters. The fourth-order valence-electron chi connectivity index (χ4n) is 4.22. The highest BCUT2D eigenvalue weighted by atomic mass is 35.5. The maximum absolute atomic E-state index is 13.7. The molecule has 0 amide bonds. The molecule has 1 aliphatic rings. The summed E-state index contributed by atoms with van der Waals surface area (Å²) < 4.78 is 18.1. The van der Waals surface area contributed by atoms with Crippen molar-refractivity contribution in [2.45, 2.75) is 19.9 Å². The molecule has 1 aliphatic heterocycles.